The summed E-state index contributed by atoms with van der Waals surface area (Å²) in [6.07, 6.45) is 0.919. The van der Waals surface area contributed by atoms with Gasteiger partial charge in [-0.15, -0.1) is 0 Å². The Morgan fingerprint density at radius 3 is 2.92 bits per heavy atom. The van der Waals surface area contributed by atoms with Crippen molar-refractivity contribution in [2.75, 3.05) is 13.2 Å². The van der Waals surface area contributed by atoms with Crippen molar-refractivity contribution in [3.63, 3.8) is 0 Å². The first-order chi connectivity index (χ1) is 5.60. The van der Waals surface area contributed by atoms with Gasteiger partial charge in [-0.1, -0.05) is 19.1 Å². The molecule has 0 radical (unpaired) electrons. The largest absolute Gasteiger partial charge is 0.392 e. The van der Waals surface area contributed by atoms with Crippen LogP contribution in [-0.4, -0.2) is 29.8 Å². The van der Waals surface area contributed by atoms with E-state index in [9.17, 15) is 0 Å². The number of thiocarbonyl (C=S) groups is 1. The summed E-state index contributed by atoms with van der Waals surface area (Å²) in [5, 5.41) is 3.27. The van der Waals surface area contributed by atoms with Crippen LogP contribution in [0.3, 0.4) is 0 Å². The van der Waals surface area contributed by atoms with Crippen LogP contribution < -0.4 is 11.1 Å². The number of hydrogen-bond acceptors (Lipinski definition) is 3. The predicted octanol–water partition coefficient (Wildman–Crippen LogP) is 0.430. The fourth-order valence-corrected chi connectivity index (χ4v) is 1.83. The van der Waals surface area contributed by atoms with Crippen molar-refractivity contribution in [2.45, 2.75) is 31.9 Å². The highest BCUT2D eigenvalue weighted by atomic mass is 32.1. The summed E-state index contributed by atoms with van der Waals surface area (Å²) in [6.45, 7) is 5.70. The highest BCUT2D eigenvalue weighted by Gasteiger charge is 2.37. The van der Waals surface area contributed by atoms with Crippen LogP contribution >= 0.6 is 12.2 Å². The second kappa shape index (κ2) is 3.68. The Balaban J connectivity index is 2.73. The molecule has 0 aromatic heterocycles. The lowest BCUT2D eigenvalue weighted by Gasteiger charge is -2.40. The monoisotopic (exact) mass is 188 g/mol. The number of nitrogens with two attached hydrogens (primary N) is 1. The van der Waals surface area contributed by atoms with E-state index in [1.165, 1.54) is 0 Å². The van der Waals surface area contributed by atoms with Gasteiger partial charge in [-0.25, -0.2) is 0 Å². The van der Waals surface area contributed by atoms with Gasteiger partial charge in [-0.05, 0) is 13.3 Å². The first-order valence-corrected chi connectivity index (χ1v) is 4.67. The van der Waals surface area contributed by atoms with Crippen LogP contribution in [0.5, 0.6) is 0 Å². The summed E-state index contributed by atoms with van der Waals surface area (Å²) < 4.78 is 5.66. The Hall–Kier alpha value is -0.190. The molecular weight excluding hydrogens is 172 g/mol. The third kappa shape index (κ3) is 1.76. The van der Waals surface area contributed by atoms with E-state index in [2.05, 4.69) is 12.2 Å². The third-order valence-electron chi connectivity index (χ3n) is 2.48. The SMILES string of the molecule is CCC1(C)OCCNC1C(N)=S. The smallest absolute Gasteiger partial charge is 0.0929 e. The van der Waals surface area contributed by atoms with Gasteiger partial charge in [-0.3, -0.25) is 0 Å². The van der Waals surface area contributed by atoms with Gasteiger partial charge >= 0.3 is 0 Å². The molecule has 1 fully saturated rings. The maximum atomic E-state index is 5.66. The van der Waals surface area contributed by atoms with Gasteiger partial charge in [-0.2, -0.15) is 0 Å². The van der Waals surface area contributed by atoms with Crippen LogP contribution in [-0.2, 0) is 4.74 Å². The lowest BCUT2D eigenvalue weighted by atomic mass is 9.92. The second-order valence-electron chi connectivity index (χ2n) is 3.30. The molecule has 1 aliphatic heterocycles. The van der Waals surface area contributed by atoms with Crippen LogP contribution in [0.1, 0.15) is 20.3 Å². The van der Waals surface area contributed by atoms with E-state index >= 15 is 0 Å². The highest BCUT2D eigenvalue weighted by molar-refractivity contribution is 7.80. The van der Waals surface area contributed by atoms with E-state index in [0.29, 0.717) is 4.99 Å². The van der Waals surface area contributed by atoms with Crippen molar-refractivity contribution in [2.24, 2.45) is 5.73 Å². The zero-order valence-electron chi connectivity index (χ0n) is 7.59. The zero-order chi connectivity index (χ0) is 9.19. The molecule has 4 heteroatoms. The molecule has 1 heterocycles. The molecule has 12 heavy (non-hydrogen) atoms. The number of ether oxygens (including phenoxy) is 1. The quantitative estimate of drug-likeness (QED) is 0.617. The van der Waals surface area contributed by atoms with Crippen molar-refractivity contribution >= 4 is 17.2 Å². The lowest BCUT2D eigenvalue weighted by molar-refractivity contribution is -0.0691. The Morgan fingerprint density at radius 2 is 2.50 bits per heavy atom. The molecule has 0 amide bonds. The number of hydrogen-bond donors (Lipinski definition) is 2. The van der Waals surface area contributed by atoms with Gasteiger partial charge in [0.05, 0.1) is 23.2 Å². The molecule has 0 aromatic rings. The zero-order valence-corrected chi connectivity index (χ0v) is 8.41. The van der Waals surface area contributed by atoms with Crippen molar-refractivity contribution < 1.29 is 4.74 Å². The van der Waals surface area contributed by atoms with Gasteiger partial charge in [0.2, 0.25) is 0 Å². The van der Waals surface area contributed by atoms with Crippen LogP contribution in [0.25, 0.3) is 0 Å². The van der Waals surface area contributed by atoms with Crippen molar-refractivity contribution in [1.29, 1.82) is 0 Å². The first-order valence-electron chi connectivity index (χ1n) is 4.27. The summed E-state index contributed by atoms with van der Waals surface area (Å²) in [7, 11) is 0. The fraction of sp³-hybridized carbons (Fsp3) is 0.875. The van der Waals surface area contributed by atoms with Crippen molar-refractivity contribution in [3.05, 3.63) is 0 Å². The van der Waals surface area contributed by atoms with E-state index in [4.69, 9.17) is 22.7 Å². The van der Waals surface area contributed by atoms with Gasteiger partial charge in [0, 0.05) is 6.54 Å². The summed E-state index contributed by atoms with van der Waals surface area (Å²) in [6, 6.07) is 0.0197. The average Bonchev–Trinajstić information content (AvgIpc) is 2.05. The van der Waals surface area contributed by atoms with Gasteiger partial charge in [0.25, 0.3) is 0 Å². The predicted molar refractivity (Wildman–Crippen MR) is 53.2 cm³/mol. The standard InChI is InChI=1S/C8H16N2OS/c1-3-8(2)6(7(9)12)10-4-5-11-8/h6,10H,3-5H2,1-2H3,(H2,9,12). The molecule has 0 bridgehead atoms. The fourth-order valence-electron chi connectivity index (χ4n) is 1.49. The van der Waals surface area contributed by atoms with Gasteiger partial charge in [0.1, 0.15) is 0 Å². The second-order valence-corrected chi connectivity index (χ2v) is 3.78. The molecule has 70 valence electrons. The molecule has 1 rings (SSSR count). The van der Waals surface area contributed by atoms with E-state index in [0.717, 1.165) is 19.6 Å². The average molecular weight is 188 g/mol. The minimum atomic E-state index is -0.218. The summed E-state index contributed by atoms with van der Waals surface area (Å²) in [5.41, 5.74) is 5.39. The Morgan fingerprint density at radius 1 is 1.83 bits per heavy atom. The first kappa shape index (κ1) is 9.89. The van der Waals surface area contributed by atoms with E-state index in [1.54, 1.807) is 0 Å². The van der Waals surface area contributed by atoms with E-state index in [-0.39, 0.29) is 11.6 Å². The maximum Gasteiger partial charge on any atom is 0.0929 e. The Kier molecular flexibility index (Phi) is 3.04. The lowest BCUT2D eigenvalue weighted by Crippen LogP contribution is -2.61. The molecule has 1 aliphatic rings. The summed E-state index contributed by atoms with van der Waals surface area (Å²) in [5.74, 6) is 0. The molecular formula is C8H16N2OS. The number of rotatable bonds is 2. The maximum absolute atomic E-state index is 5.66. The Bertz CT molecular complexity index is 186. The molecule has 3 nitrogen and oxygen atoms in total. The van der Waals surface area contributed by atoms with Gasteiger partial charge in [0.15, 0.2) is 0 Å². The van der Waals surface area contributed by atoms with Crippen molar-refractivity contribution in [1.82, 2.24) is 5.32 Å². The minimum absolute atomic E-state index is 0.0197. The topological polar surface area (TPSA) is 47.3 Å². The van der Waals surface area contributed by atoms with Gasteiger partial charge < -0.3 is 15.8 Å². The summed E-state index contributed by atoms with van der Waals surface area (Å²) in [4.78, 5) is 0.499. The molecule has 1 saturated heterocycles. The molecule has 2 unspecified atom stereocenters. The van der Waals surface area contributed by atoms with Crippen LogP contribution in [0, 0.1) is 0 Å². The minimum Gasteiger partial charge on any atom is -0.392 e. The molecule has 0 spiro atoms. The Labute approximate surface area is 78.7 Å². The molecule has 0 aromatic carbocycles. The molecule has 0 aliphatic carbocycles. The number of nitrogens with one attached hydrogen (secondary N) is 1. The summed E-state index contributed by atoms with van der Waals surface area (Å²) >= 11 is 4.97. The van der Waals surface area contributed by atoms with Crippen molar-refractivity contribution in [3.8, 4) is 0 Å². The molecule has 0 saturated carbocycles. The normalized spacial score (nSPS) is 36.3. The molecule has 3 N–H and O–H groups in total. The van der Waals surface area contributed by atoms with E-state index in [1.807, 2.05) is 6.92 Å². The van der Waals surface area contributed by atoms with Crippen LogP contribution in [0.4, 0.5) is 0 Å². The van der Waals surface area contributed by atoms with Crippen LogP contribution in [0.2, 0.25) is 0 Å². The van der Waals surface area contributed by atoms with Crippen LogP contribution in [0.15, 0.2) is 0 Å². The number of morpholine rings is 1. The third-order valence-corrected chi connectivity index (χ3v) is 2.72. The highest BCUT2D eigenvalue weighted by Crippen LogP contribution is 2.22. The van der Waals surface area contributed by atoms with E-state index < -0.39 is 0 Å². The molecule has 2 atom stereocenters.